The van der Waals surface area contributed by atoms with E-state index in [2.05, 4.69) is 15.5 Å². The van der Waals surface area contributed by atoms with Crippen LogP contribution >= 0.6 is 34.7 Å². The summed E-state index contributed by atoms with van der Waals surface area (Å²) in [6, 6.07) is 14.6. The maximum absolute atomic E-state index is 12.7. The Kier molecular flexibility index (Phi) is 7.74. The molecule has 2 aromatic carbocycles. The van der Waals surface area contributed by atoms with Crippen molar-refractivity contribution in [3.05, 3.63) is 64.5 Å². The Morgan fingerprint density at radius 3 is 2.57 bits per heavy atom. The fraction of sp³-hybridized carbons (Fsp3) is 0.167. The van der Waals surface area contributed by atoms with Crippen LogP contribution in [0, 0.1) is 0 Å². The van der Waals surface area contributed by atoms with Crippen molar-refractivity contribution in [3.8, 4) is 28.3 Å². The number of thiophene rings is 1. The van der Waals surface area contributed by atoms with Gasteiger partial charge < -0.3 is 19.4 Å². The number of nitrogens with one attached hydrogen (secondary N) is 1. The van der Waals surface area contributed by atoms with Crippen LogP contribution in [-0.2, 0) is 16.6 Å². The third-order valence-electron chi connectivity index (χ3n) is 5.08. The molecule has 0 bridgehead atoms. The number of anilines is 1. The van der Waals surface area contributed by atoms with E-state index in [9.17, 15) is 9.59 Å². The quantitative estimate of drug-likeness (QED) is 0.242. The van der Waals surface area contributed by atoms with Gasteiger partial charge in [-0.3, -0.25) is 4.79 Å². The number of esters is 1. The molecule has 0 fully saturated rings. The summed E-state index contributed by atoms with van der Waals surface area (Å²) in [5.41, 5.74) is 2.62. The topological polar surface area (TPSA) is 95.3 Å². The Hall–Kier alpha value is -3.34. The van der Waals surface area contributed by atoms with Crippen LogP contribution in [0.4, 0.5) is 5.00 Å². The number of nitrogens with zero attached hydrogens (tertiary/aromatic N) is 3. The van der Waals surface area contributed by atoms with Crippen LogP contribution in [0.25, 0.3) is 22.5 Å². The number of carbonyl (C=O) groups is 2. The molecular weight excluding hydrogens is 508 g/mol. The molecule has 180 valence electrons. The van der Waals surface area contributed by atoms with Gasteiger partial charge in [0.25, 0.3) is 0 Å². The molecule has 0 unspecified atom stereocenters. The molecule has 0 saturated carbocycles. The third kappa shape index (κ3) is 5.50. The van der Waals surface area contributed by atoms with Gasteiger partial charge in [-0.2, -0.15) is 0 Å². The van der Waals surface area contributed by atoms with Crippen molar-refractivity contribution in [1.29, 1.82) is 0 Å². The second kappa shape index (κ2) is 10.9. The Morgan fingerprint density at radius 2 is 1.89 bits per heavy atom. The number of aromatic nitrogens is 3. The summed E-state index contributed by atoms with van der Waals surface area (Å²) in [5, 5.41) is 14.7. The maximum atomic E-state index is 12.7. The molecule has 4 rings (SSSR count). The summed E-state index contributed by atoms with van der Waals surface area (Å²) in [6.45, 7) is 0. The average Bonchev–Trinajstić information content (AvgIpc) is 3.45. The van der Waals surface area contributed by atoms with E-state index in [-0.39, 0.29) is 11.7 Å². The molecule has 2 heterocycles. The van der Waals surface area contributed by atoms with Gasteiger partial charge in [0.15, 0.2) is 11.0 Å². The molecule has 0 saturated heterocycles. The molecule has 2 aromatic heterocycles. The number of hydrogen-bond acceptors (Lipinski definition) is 8. The van der Waals surface area contributed by atoms with E-state index in [1.54, 1.807) is 23.8 Å². The Labute approximate surface area is 215 Å². The van der Waals surface area contributed by atoms with Gasteiger partial charge in [-0.05, 0) is 29.8 Å². The number of benzene rings is 2. The first-order valence-corrected chi connectivity index (χ1v) is 12.6. The first-order chi connectivity index (χ1) is 16.9. The summed E-state index contributed by atoms with van der Waals surface area (Å²) in [5.74, 6) is 0.620. The third-order valence-corrected chi connectivity index (χ3v) is 7.24. The van der Waals surface area contributed by atoms with Gasteiger partial charge in [-0.25, -0.2) is 4.79 Å². The standard InChI is InChI=1S/C24H21ClN4O4S2/c1-29-21(15-5-4-6-16(25)11-15)27-28-24(29)35-13-19(30)26-22-20(23(31)33-3)18(12-34-22)14-7-9-17(32-2)10-8-14/h4-12H,13H2,1-3H3,(H,26,30). The van der Waals surface area contributed by atoms with Crippen LogP contribution in [0.15, 0.2) is 59.1 Å². The smallest absolute Gasteiger partial charge is 0.341 e. The Morgan fingerprint density at radius 1 is 1.11 bits per heavy atom. The summed E-state index contributed by atoms with van der Waals surface area (Å²) in [6.07, 6.45) is 0. The van der Waals surface area contributed by atoms with E-state index in [0.29, 0.717) is 37.9 Å². The molecule has 35 heavy (non-hydrogen) atoms. The highest BCUT2D eigenvalue weighted by Gasteiger charge is 2.23. The zero-order chi connectivity index (χ0) is 24.9. The monoisotopic (exact) mass is 528 g/mol. The van der Waals surface area contributed by atoms with Crippen molar-refractivity contribution in [2.45, 2.75) is 5.16 Å². The molecule has 0 aliphatic carbocycles. The fourth-order valence-electron chi connectivity index (χ4n) is 3.35. The minimum Gasteiger partial charge on any atom is -0.497 e. The molecule has 1 N–H and O–H groups in total. The number of ether oxygens (including phenoxy) is 2. The summed E-state index contributed by atoms with van der Waals surface area (Å²) >= 11 is 8.58. The number of thioether (sulfide) groups is 1. The van der Waals surface area contributed by atoms with Crippen LogP contribution in [0.5, 0.6) is 5.75 Å². The number of methoxy groups -OCH3 is 2. The number of carbonyl (C=O) groups excluding carboxylic acids is 2. The summed E-state index contributed by atoms with van der Waals surface area (Å²) in [7, 11) is 4.72. The fourth-order valence-corrected chi connectivity index (χ4v) is 5.22. The van der Waals surface area contributed by atoms with Gasteiger partial charge >= 0.3 is 5.97 Å². The van der Waals surface area contributed by atoms with Gasteiger partial charge in [-0.15, -0.1) is 21.5 Å². The Bertz CT molecular complexity index is 1370. The van der Waals surface area contributed by atoms with Crippen molar-refractivity contribution < 1.29 is 19.1 Å². The molecule has 4 aromatic rings. The van der Waals surface area contributed by atoms with Crippen LogP contribution in [-0.4, -0.2) is 46.6 Å². The molecule has 1 amide bonds. The number of rotatable bonds is 8. The van der Waals surface area contributed by atoms with Crippen LogP contribution in [0.1, 0.15) is 10.4 Å². The van der Waals surface area contributed by atoms with Crippen molar-refractivity contribution in [2.24, 2.45) is 7.05 Å². The molecule has 11 heteroatoms. The molecule has 0 radical (unpaired) electrons. The van der Waals surface area contributed by atoms with Crippen molar-refractivity contribution in [3.63, 3.8) is 0 Å². The normalized spacial score (nSPS) is 10.7. The number of amides is 1. The van der Waals surface area contributed by atoms with E-state index >= 15 is 0 Å². The largest absolute Gasteiger partial charge is 0.497 e. The van der Waals surface area contributed by atoms with Gasteiger partial charge in [0.2, 0.25) is 5.91 Å². The second-order valence-electron chi connectivity index (χ2n) is 7.29. The zero-order valence-electron chi connectivity index (χ0n) is 19.1. The molecule has 0 aliphatic rings. The lowest BCUT2D eigenvalue weighted by Crippen LogP contribution is -2.16. The average molecular weight is 529 g/mol. The lowest BCUT2D eigenvalue weighted by Gasteiger charge is -2.08. The van der Waals surface area contributed by atoms with E-state index in [4.69, 9.17) is 21.1 Å². The Balaban J connectivity index is 1.48. The summed E-state index contributed by atoms with van der Waals surface area (Å²) in [4.78, 5) is 25.3. The van der Waals surface area contributed by atoms with Gasteiger partial charge in [0, 0.05) is 28.6 Å². The van der Waals surface area contributed by atoms with Crippen LogP contribution in [0.2, 0.25) is 5.02 Å². The zero-order valence-corrected chi connectivity index (χ0v) is 21.5. The first kappa shape index (κ1) is 24.8. The van der Waals surface area contributed by atoms with E-state index in [1.165, 1.54) is 30.2 Å². The van der Waals surface area contributed by atoms with Gasteiger partial charge in [0.1, 0.15) is 16.3 Å². The van der Waals surface area contributed by atoms with E-state index < -0.39 is 5.97 Å². The highest BCUT2D eigenvalue weighted by Crippen LogP contribution is 2.37. The van der Waals surface area contributed by atoms with E-state index in [1.807, 2.05) is 48.8 Å². The number of halogens is 1. The lowest BCUT2D eigenvalue weighted by atomic mass is 10.0. The SMILES string of the molecule is COC(=O)c1c(-c2ccc(OC)cc2)csc1NC(=O)CSc1nnc(-c2cccc(Cl)c2)n1C. The highest BCUT2D eigenvalue weighted by atomic mass is 35.5. The molecule has 0 atom stereocenters. The van der Waals surface area contributed by atoms with Crippen LogP contribution < -0.4 is 10.1 Å². The predicted molar refractivity (Wildman–Crippen MR) is 138 cm³/mol. The van der Waals surface area contributed by atoms with Crippen molar-refractivity contribution in [2.75, 3.05) is 25.3 Å². The molecule has 0 spiro atoms. The van der Waals surface area contributed by atoms with Crippen LogP contribution in [0.3, 0.4) is 0 Å². The first-order valence-electron chi connectivity index (χ1n) is 10.3. The van der Waals surface area contributed by atoms with Crippen molar-refractivity contribution in [1.82, 2.24) is 14.8 Å². The van der Waals surface area contributed by atoms with Crippen molar-refractivity contribution >= 4 is 51.6 Å². The van der Waals surface area contributed by atoms with Gasteiger partial charge in [-0.1, -0.05) is 47.6 Å². The minimum absolute atomic E-state index is 0.0813. The minimum atomic E-state index is -0.528. The molecular formula is C24H21ClN4O4S2. The number of hydrogen-bond donors (Lipinski definition) is 1. The van der Waals surface area contributed by atoms with Gasteiger partial charge in [0.05, 0.1) is 20.0 Å². The maximum Gasteiger partial charge on any atom is 0.341 e. The molecule has 0 aliphatic heterocycles. The highest BCUT2D eigenvalue weighted by molar-refractivity contribution is 7.99. The van der Waals surface area contributed by atoms with E-state index in [0.717, 1.165) is 11.1 Å². The summed E-state index contributed by atoms with van der Waals surface area (Å²) < 4.78 is 12.0. The second-order valence-corrected chi connectivity index (χ2v) is 9.54. The lowest BCUT2D eigenvalue weighted by molar-refractivity contribution is -0.113. The predicted octanol–water partition coefficient (Wildman–Crippen LogP) is 5.39. The molecule has 8 nitrogen and oxygen atoms in total.